The van der Waals surface area contributed by atoms with E-state index in [1.807, 2.05) is 37.5 Å². The zero-order valence-corrected chi connectivity index (χ0v) is 10.7. The van der Waals surface area contributed by atoms with Gasteiger partial charge in [-0.25, -0.2) is 0 Å². The molecule has 0 unspecified atom stereocenters. The van der Waals surface area contributed by atoms with E-state index in [0.717, 1.165) is 16.5 Å². The summed E-state index contributed by atoms with van der Waals surface area (Å²) in [5.41, 5.74) is 1.82. The Labute approximate surface area is 110 Å². The number of fused-ring (bicyclic) bond motifs is 1. The van der Waals surface area contributed by atoms with Gasteiger partial charge in [-0.05, 0) is 24.1 Å². The second-order valence-corrected chi connectivity index (χ2v) is 4.59. The Hall–Kier alpha value is -2.36. The van der Waals surface area contributed by atoms with E-state index in [0.29, 0.717) is 18.6 Å². The fraction of sp³-hybridized carbons (Fsp3) is 0.200. The quantitative estimate of drug-likeness (QED) is 0.672. The summed E-state index contributed by atoms with van der Waals surface area (Å²) in [7, 11) is 1.87. The molecule has 0 aliphatic carbocycles. The number of nitrogens with zero attached hydrogens (tertiary/aromatic N) is 2. The maximum atomic E-state index is 12.1. The Morgan fingerprint density at radius 2 is 2.21 bits per heavy atom. The van der Waals surface area contributed by atoms with Crippen molar-refractivity contribution in [3.8, 4) is 0 Å². The summed E-state index contributed by atoms with van der Waals surface area (Å²) in [6.07, 6.45) is 4.83. The number of ketones is 1. The molecule has 19 heavy (non-hydrogen) atoms. The van der Waals surface area contributed by atoms with E-state index in [4.69, 9.17) is 4.42 Å². The van der Waals surface area contributed by atoms with Crippen LogP contribution in [0, 0.1) is 0 Å². The van der Waals surface area contributed by atoms with Gasteiger partial charge in [0.1, 0.15) is 5.58 Å². The van der Waals surface area contributed by atoms with Crippen molar-refractivity contribution < 1.29 is 9.21 Å². The molecule has 1 aromatic carbocycles. The minimum Gasteiger partial charge on any atom is -0.453 e. The summed E-state index contributed by atoms with van der Waals surface area (Å²) in [5.74, 6) is 0.463. The predicted octanol–water partition coefficient (Wildman–Crippen LogP) is 2.98. The summed E-state index contributed by atoms with van der Waals surface area (Å²) < 4.78 is 7.29. The van der Waals surface area contributed by atoms with Gasteiger partial charge in [-0.15, -0.1) is 0 Å². The third-order valence-electron chi connectivity index (χ3n) is 3.10. The number of rotatable bonds is 4. The first-order valence-corrected chi connectivity index (χ1v) is 6.22. The molecule has 0 saturated carbocycles. The minimum atomic E-state index is 0.0278. The van der Waals surface area contributed by atoms with E-state index in [1.165, 1.54) is 0 Å². The molecule has 3 rings (SSSR count). The Balaban J connectivity index is 1.73. The monoisotopic (exact) mass is 254 g/mol. The molecule has 0 radical (unpaired) electrons. The summed E-state index contributed by atoms with van der Waals surface area (Å²) in [5, 5.41) is 5.05. The van der Waals surface area contributed by atoms with Crippen LogP contribution in [0.25, 0.3) is 11.0 Å². The first-order chi connectivity index (χ1) is 9.22. The van der Waals surface area contributed by atoms with Crippen LogP contribution in [0.3, 0.4) is 0 Å². The maximum absolute atomic E-state index is 12.1. The Morgan fingerprint density at radius 3 is 2.95 bits per heavy atom. The number of Topliss-reactive ketones (excluding diaryl/α,β-unsaturated/α-hetero) is 1. The zero-order chi connectivity index (χ0) is 13.2. The third-order valence-corrected chi connectivity index (χ3v) is 3.10. The largest absolute Gasteiger partial charge is 0.453 e. The molecule has 0 N–H and O–H groups in total. The summed E-state index contributed by atoms with van der Waals surface area (Å²) in [6.45, 7) is 0. The topological polar surface area (TPSA) is 48.0 Å². The number of aromatic nitrogens is 2. The highest BCUT2D eigenvalue weighted by molar-refractivity contribution is 5.97. The van der Waals surface area contributed by atoms with Crippen LogP contribution in [0.1, 0.15) is 22.5 Å². The number of benzene rings is 1. The van der Waals surface area contributed by atoms with Crippen molar-refractivity contribution >= 4 is 16.8 Å². The van der Waals surface area contributed by atoms with Crippen molar-refractivity contribution in [1.29, 1.82) is 0 Å². The molecular weight excluding hydrogens is 240 g/mol. The van der Waals surface area contributed by atoms with Crippen molar-refractivity contribution in [2.45, 2.75) is 12.8 Å². The van der Waals surface area contributed by atoms with Crippen LogP contribution in [0.15, 0.2) is 47.1 Å². The number of furan rings is 1. The van der Waals surface area contributed by atoms with Crippen LogP contribution in [-0.2, 0) is 13.5 Å². The van der Waals surface area contributed by atoms with Crippen LogP contribution >= 0.6 is 0 Å². The molecule has 0 aliphatic heterocycles. The summed E-state index contributed by atoms with van der Waals surface area (Å²) in [4.78, 5) is 12.1. The van der Waals surface area contributed by atoms with E-state index < -0.39 is 0 Å². The Kier molecular flexibility index (Phi) is 2.91. The molecule has 2 heterocycles. The van der Waals surface area contributed by atoms with Gasteiger partial charge in [0.25, 0.3) is 0 Å². The highest BCUT2D eigenvalue weighted by Gasteiger charge is 2.12. The van der Waals surface area contributed by atoms with Gasteiger partial charge in [0, 0.05) is 25.1 Å². The molecule has 0 spiro atoms. The molecule has 96 valence electrons. The number of carbonyl (C=O) groups excluding carboxylic acids is 1. The molecule has 4 heteroatoms. The van der Waals surface area contributed by atoms with Crippen LogP contribution in [-0.4, -0.2) is 15.6 Å². The van der Waals surface area contributed by atoms with E-state index in [9.17, 15) is 4.79 Å². The van der Waals surface area contributed by atoms with Crippen molar-refractivity contribution in [3.63, 3.8) is 0 Å². The number of aryl methyl sites for hydroxylation is 2. The normalized spacial score (nSPS) is 11.0. The molecule has 0 bridgehead atoms. The smallest absolute Gasteiger partial charge is 0.198 e. The van der Waals surface area contributed by atoms with E-state index >= 15 is 0 Å². The molecule has 0 fully saturated rings. The lowest BCUT2D eigenvalue weighted by molar-refractivity contribution is 0.0958. The number of para-hydroxylation sites is 1. The molecule has 0 atom stereocenters. The SMILES string of the molecule is Cn1cc(CCC(=O)c2cc3ccccc3o2)cn1. The molecule has 0 amide bonds. The van der Waals surface area contributed by atoms with Crippen LogP contribution < -0.4 is 0 Å². The molecule has 3 aromatic rings. The lowest BCUT2D eigenvalue weighted by Gasteiger charge is -1.95. The van der Waals surface area contributed by atoms with Gasteiger partial charge >= 0.3 is 0 Å². The van der Waals surface area contributed by atoms with Crippen molar-refractivity contribution in [2.75, 3.05) is 0 Å². The number of hydrogen-bond donors (Lipinski definition) is 0. The van der Waals surface area contributed by atoms with E-state index in [2.05, 4.69) is 5.10 Å². The Bertz CT molecular complexity index is 691. The van der Waals surface area contributed by atoms with Gasteiger partial charge in [0.15, 0.2) is 11.5 Å². The van der Waals surface area contributed by atoms with Crippen molar-refractivity contribution in [3.05, 3.63) is 54.0 Å². The highest BCUT2D eigenvalue weighted by Crippen LogP contribution is 2.20. The lowest BCUT2D eigenvalue weighted by Crippen LogP contribution is -1.99. The van der Waals surface area contributed by atoms with Crippen molar-refractivity contribution in [1.82, 2.24) is 9.78 Å². The first kappa shape index (κ1) is 11.7. The summed E-state index contributed by atoms with van der Waals surface area (Å²) in [6, 6.07) is 9.45. The van der Waals surface area contributed by atoms with E-state index in [1.54, 1.807) is 16.9 Å². The van der Waals surface area contributed by atoms with Gasteiger partial charge in [0.05, 0.1) is 6.20 Å². The number of hydrogen-bond acceptors (Lipinski definition) is 3. The second-order valence-electron chi connectivity index (χ2n) is 4.59. The highest BCUT2D eigenvalue weighted by atomic mass is 16.3. The van der Waals surface area contributed by atoms with Gasteiger partial charge in [-0.2, -0.15) is 5.10 Å². The molecular formula is C15H14N2O2. The Morgan fingerprint density at radius 1 is 1.37 bits per heavy atom. The molecule has 4 nitrogen and oxygen atoms in total. The zero-order valence-electron chi connectivity index (χ0n) is 10.7. The average Bonchev–Trinajstić information content (AvgIpc) is 3.01. The lowest BCUT2D eigenvalue weighted by atomic mass is 10.1. The third kappa shape index (κ3) is 2.42. The summed E-state index contributed by atoms with van der Waals surface area (Å²) >= 11 is 0. The van der Waals surface area contributed by atoms with E-state index in [-0.39, 0.29) is 5.78 Å². The van der Waals surface area contributed by atoms with Crippen LogP contribution in [0.5, 0.6) is 0 Å². The fourth-order valence-electron chi connectivity index (χ4n) is 2.10. The number of carbonyl (C=O) groups is 1. The van der Waals surface area contributed by atoms with Crippen LogP contribution in [0.2, 0.25) is 0 Å². The first-order valence-electron chi connectivity index (χ1n) is 6.22. The van der Waals surface area contributed by atoms with Gasteiger partial charge in [-0.1, -0.05) is 18.2 Å². The maximum Gasteiger partial charge on any atom is 0.198 e. The fourth-order valence-corrected chi connectivity index (χ4v) is 2.10. The predicted molar refractivity (Wildman–Crippen MR) is 72.1 cm³/mol. The van der Waals surface area contributed by atoms with Crippen molar-refractivity contribution in [2.24, 2.45) is 7.05 Å². The van der Waals surface area contributed by atoms with Gasteiger partial charge < -0.3 is 4.42 Å². The van der Waals surface area contributed by atoms with Gasteiger partial charge in [0.2, 0.25) is 0 Å². The molecule has 0 saturated heterocycles. The minimum absolute atomic E-state index is 0.0278. The molecule has 2 aromatic heterocycles. The van der Waals surface area contributed by atoms with Crippen LogP contribution in [0.4, 0.5) is 0 Å². The molecule has 0 aliphatic rings. The van der Waals surface area contributed by atoms with Gasteiger partial charge in [-0.3, -0.25) is 9.48 Å². The second kappa shape index (κ2) is 4.72. The average molecular weight is 254 g/mol. The standard InChI is InChI=1S/C15H14N2O2/c1-17-10-11(9-16-17)6-7-13(18)15-8-12-4-2-3-5-14(12)19-15/h2-5,8-10H,6-7H2,1H3.